The highest BCUT2D eigenvalue weighted by Crippen LogP contribution is 2.22. The fourth-order valence-corrected chi connectivity index (χ4v) is 3.63. The second-order valence-corrected chi connectivity index (χ2v) is 7.82. The number of sulfonamides is 1. The van der Waals surface area contributed by atoms with E-state index in [1.807, 2.05) is 0 Å². The summed E-state index contributed by atoms with van der Waals surface area (Å²) in [5, 5.41) is 3.76. The maximum absolute atomic E-state index is 12.2. The number of benzene rings is 1. The van der Waals surface area contributed by atoms with Gasteiger partial charge in [-0.1, -0.05) is 12.1 Å². The molecule has 0 unspecified atom stereocenters. The molecule has 11 heteroatoms. The number of carbonyl (C=O) groups excluding carboxylic acids is 3. The quantitative estimate of drug-likeness (QED) is 0.369. The summed E-state index contributed by atoms with van der Waals surface area (Å²) in [7, 11) is -2.28. The molecule has 28 heavy (non-hydrogen) atoms. The zero-order chi connectivity index (χ0) is 20.3. The Morgan fingerprint density at radius 3 is 2.39 bits per heavy atom. The number of aromatic nitrogens is 2. The third kappa shape index (κ3) is 4.10. The number of imide groups is 1. The van der Waals surface area contributed by atoms with Crippen LogP contribution in [-0.2, 0) is 26.6 Å². The molecule has 148 valence electrons. The number of fused-ring (bicyclic) bond motifs is 1. The van der Waals surface area contributed by atoms with Crippen molar-refractivity contribution >= 4 is 27.8 Å². The molecule has 2 heterocycles. The molecule has 1 N–H and O–H groups in total. The number of amides is 2. The molecule has 2 amide bonds. The monoisotopic (exact) mass is 406 g/mol. The van der Waals surface area contributed by atoms with Gasteiger partial charge < -0.3 is 4.74 Å². The standard InChI is InChI=1S/C17H18N4O6S/c1-20-11-12(9-18-20)28(25,26)19-10-15(22)27-8-4-7-21-16(23)13-5-2-3-6-14(13)17(21)24/h2-3,5-6,9,11,19H,4,7-8,10H2,1H3. The molecule has 0 radical (unpaired) electrons. The molecule has 0 spiro atoms. The summed E-state index contributed by atoms with van der Waals surface area (Å²) in [4.78, 5) is 37.1. The van der Waals surface area contributed by atoms with Crippen LogP contribution in [0.3, 0.4) is 0 Å². The molecule has 1 aliphatic heterocycles. The topological polar surface area (TPSA) is 128 Å². The Hall–Kier alpha value is -3.05. The van der Waals surface area contributed by atoms with Gasteiger partial charge in [0.1, 0.15) is 11.4 Å². The highest BCUT2D eigenvalue weighted by atomic mass is 32.2. The second kappa shape index (κ2) is 7.90. The zero-order valence-corrected chi connectivity index (χ0v) is 15.8. The Morgan fingerprint density at radius 2 is 1.82 bits per heavy atom. The fourth-order valence-electron chi connectivity index (χ4n) is 2.68. The summed E-state index contributed by atoms with van der Waals surface area (Å²) in [6.45, 7) is -0.494. The van der Waals surface area contributed by atoms with Crippen LogP contribution in [0.15, 0.2) is 41.6 Å². The summed E-state index contributed by atoms with van der Waals surface area (Å²) in [6, 6.07) is 6.54. The number of ether oxygens (including phenoxy) is 1. The number of esters is 1. The normalized spacial score (nSPS) is 13.7. The fraction of sp³-hybridized carbons (Fsp3) is 0.294. The molecule has 0 aliphatic carbocycles. The molecule has 1 aromatic heterocycles. The van der Waals surface area contributed by atoms with Crippen molar-refractivity contribution in [1.29, 1.82) is 0 Å². The van der Waals surface area contributed by atoms with Crippen LogP contribution in [0.2, 0.25) is 0 Å². The predicted octanol–water partition coefficient (Wildman–Crippen LogP) is -0.0721. The zero-order valence-electron chi connectivity index (χ0n) is 15.0. The molecule has 1 aromatic carbocycles. The Morgan fingerprint density at radius 1 is 1.18 bits per heavy atom. The first-order valence-corrected chi connectivity index (χ1v) is 9.87. The number of nitrogens with zero attached hydrogens (tertiary/aromatic N) is 3. The lowest BCUT2D eigenvalue weighted by atomic mass is 10.1. The largest absolute Gasteiger partial charge is 0.465 e. The molecule has 0 saturated carbocycles. The van der Waals surface area contributed by atoms with Gasteiger partial charge in [0.2, 0.25) is 10.0 Å². The van der Waals surface area contributed by atoms with Gasteiger partial charge in [-0.15, -0.1) is 0 Å². The van der Waals surface area contributed by atoms with Crippen molar-refractivity contribution in [1.82, 2.24) is 19.4 Å². The van der Waals surface area contributed by atoms with E-state index in [1.165, 1.54) is 10.9 Å². The summed E-state index contributed by atoms with van der Waals surface area (Å²) in [5.41, 5.74) is 0.712. The van der Waals surface area contributed by atoms with Crippen molar-refractivity contribution in [3.8, 4) is 0 Å². The van der Waals surface area contributed by atoms with E-state index in [9.17, 15) is 22.8 Å². The molecule has 2 aromatic rings. The van der Waals surface area contributed by atoms with Crippen molar-refractivity contribution in [2.45, 2.75) is 11.3 Å². The van der Waals surface area contributed by atoms with E-state index in [0.717, 1.165) is 11.1 Å². The van der Waals surface area contributed by atoms with Crippen LogP contribution in [0.25, 0.3) is 0 Å². The van der Waals surface area contributed by atoms with Crippen LogP contribution in [0.5, 0.6) is 0 Å². The Kier molecular flexibility index (Phi) is 5.56. The van der Waals surface area contributed by atoms with Crippen LogP contribution in [0.4, 0.5) is 0 Å². The van der Waals surface area contributed by atoms with Crippen LogP contribution in [0.1, 0.15) is 27.1 Å². The third-order valence-electron chi connectivity index (χ3n) is 4.07. The van der Waals surface area contributed by atoms with E-state index in [1.54, 1.807) is 31.3 Å². The number of hydrogen-bond acceptors (Lipinski definition) is 7. The molecule has 3 rings (SSSR count). The van der Waals surface area contributed by atoms with Crippen LogP contribution < -0.4 is 4.72 Å². The molecule has 0 saturated heterocycles. The van der Waals surface area contributed by atoms with Crippen molar-refractivity contribution in [3.63, 3.8) is 0 Å². The number of carbonyl (C=O) groups is 3. The SMILES string of the molecule is Cn1cc(S(=O)(=O)NCC(=O)OCCCN2C(=O)c3ccccc3C2=O)cn1. The third-order valence-corrected chi connectivity index (χ3v) is 5.42. The molecule has 1 aliphatic rings. The maximum atomic E-state index is 12.2. The van der Waals surface area contributed by atoms with Crippen LogP contribution in [-0.4, -0.2) is 60.6 Å². The van der Waals surface area contributed by atoms with Gasteiger partial charge >= 0.3 is 5.97 Å². The van der Waals surface area contributed by atoms with Gasteiger partial charge in [-0.25, -0.2) is 8.42 Å². The maximum Gasteiger partial charge on any atom is 0.321 e. The van der Waals surface area contributed by atoms with Crippen molar-refractivity contribution < 1.29 is 27.5 Å². The first-order valence-electron chi connectivity index (χ1n) is 8.39. The summed E-state index contributed by atoms with van der Waals surface area (Å²) in [5.74, 6) is -1.53. The summed E-state index contributed by atoms with van der Waals surface area (Å²) >= 11 is 0. The van der Waals surface area contributed by atoms with E-state index in [-0.39, 0.29) is 36.3 Å². The van der Waals surface area contributed by atoms with Gasteiger partial charge in [-0.2, -0.15) is 9.82 Å². The number of nitrogens with one attached hydrogen (secondary N) is 1. The first-order chi connectivity index (χ1) is 13.3. The van der Waals surface area contributed by atoms with E-state index < -0.39 is 22.5 Å². The lowest BCUT2D eigenvalue weighted by molar-refractivity contribution is -0.142. The highest BCUT2D eigenvalue weighted by molar-refractivity contribution is 7.89. The smallest absolute Gasteiger partial charge is 0.321 e. The minimum absolute atomic E-state index is 0.0547. The summed E-state index contributed by atoms with van der Waals surface area (Å²) < 4.78 is 32.4. The average molecular weight is 406 g/mol. The van der Waals surface area contributed by atoms with E-state index >= 15 is 0 Å². The number of rotatable bonds is 8. The van der Waals surface area contributed by atoms with E-state index in [0.29, 0.717) is 11.1 Å². The average Bonchev–Trinajstić information content (AvgIpc) is 3.21. The van der Waals surface area contributed by atoms with Crippen molar-refractivity contribution in [3.05, 3.63) is 47.8 Å². The van der Waals surface area contributed by atoms with Gasteiger partial charge in [-0.3, -0.25) is 24.0 Å². The molecule has 0 bridgehead atoms. The minimum atomic E-state index is -3.86. The lowest BCUT2D eigenvalue weighted by Crippen LogP contribution is -2.33. The van der Waals surface area contributed by atoms with Crippen LogP contribution >= 0.6 is 0 Å². The minimum Gasteiger partial charge on any atom is -0.465 e. The molecule has 0 atom stereocenters. The Labute approximate surface area is 161 Å². The van der Waals surface area contributed by atoms with Gasteiger partial charge in [0.25, 0.3) is 11.8 Å². The molecular weight excluding hydrogens is 388 g/mol. The molecule has 10 nitrogen and oxygen atoms in total. The Bertz CT molecular complexity index is 995. The van der Waals surface area contributed by atoms with Crippen molar-refractivity contribution in [2.75, 3.05) is 19.7 Å². The predicted molar refractivity (Wildman–Crippen MR) is 95.8 cm³/mol. The van der Waals surface area contributed by atoms with Crippen molar-refractivity contribution in [2.24, 2.45) is 7.05 Å². The van der Waals surface area contributed by atoms with Gasteiger partial charge in [0.05, 0.1) is 23.9 Å². The number of aryl methyl sites for hydroxylation is 1. The first kappa shape index (κ1) is 19.7. The molecule has 0 fully saturated rings. The molecular formula is C17H18N4O6S. The van der Waals surface area contributed by atoms with Gasteiger partial charge in [-0.05, 0) is 18.6 Å². The van der Waals surface area contributed by atoms with E-state index in [2.05, 4.69) is 9.82 Å². The van der Waals surface area contributed by atoms with Gasteiger partial charge in [0.15, 0.2) is 0 Å². The van der Waals surface area contributed by atoms with Gasteiger partial charge in [0, 0.05) is 19.8 Å². The lowest BCUT2D eigenvalue weighted by Gasteiger charge is -2.13. The second-order valence-electron chi connectivity index (χ2n) is 6.06. The van der Waals surface area contributed by atoms with Crippen LogP contribution in [0, 0.1) is 0 Å². The Balaban J connectivity index is 1.42. The van der Waals surface area contributed by atoms with E-state index in [4.69, 9.17) is 4.74 Å². The number of hydrogen-bond donors (Lipinski definition) is 1. The highest BCUT2D eigenvalue weighted by Gasteiger charge is 2.34. The summed E-state index contributed by atoms with van der Waals surface area (Å²) in [6.07, 6.45) is 2.71.